The number of carbonyl (C=O) groups excluding carboxylic acids is 1. The number of nitrogens with one attached hydrogen (secondary N) is 1. The van der Waals surface area contributed by atoms with E-state index < -0.39 is 0 Å². The van der Waals surface area contributed by atoms with Gasteiger partial charge < -0.3 is 10.4 Å². The second kappa shape index (κ2) is 7.25. The van der Waals surface area contributed by atoms with E-state index in [1.54, 1.807) is 0 Å². The quantitative estimate of drug-likeness (QED) is 0.866. The number of aryl methyl sites for hydroxylation is 1. The number of aliphatic hydroxyl groups excluding tert-OH is 1. The van der Waals surface area contributed by atoms with Crippen molar-refractivity contribution in [2.75, 3.05) is 6.54 Å². The Morgan fingerprint density at radius 1 is 1.35 bits per heavy atom. The van der Waals surface area contributed by atoms with Gasteiger partial charge in [0.2, 0.25) is 5.91 Å². The summed E-state index contributed by atoms with van der Waals surface area (Å²) >= 11 is 0. The maximum absolute atomic E-state index is 11.7. The normalized spacial score (nSPS) is 22.3. The fraction of sp³-hybridized carbons (Fsp3) is 0.471. The molecule has 0 radical (unpaired) electrons. The lowest BCUT2D eigenvalue weighted by Gasteiger charge is -2.14. The van der Waals surface area contributed by atoms with Crippen LogP contribution >= 0.6 is 0 Å². The van der Waals surface area contributed by atoms with E-state index in [9.17, 15) is 9.90 Å². The molecule has 108 valence electrons. The lowest BCUT2D eigenvalue weighted by Crippen LogP contribution is -2.31. The Morgan fingerprint density at radius 3 is 2.75 bits per heavy atom. The van der Waals surface area contributed by atoms with Crippen LogP contribution in [0.2, 0.25) is 0 Å². The maximum Gasteiger partial charge on any atom is 0.223 e. The van der Waals surface area contributed by atoms with Crippen LogP contribution in [0.15, 0.2) is 30.3 Å². The number of hydrogen-bond acceptors (Lipinski definition) is 2. The van der Waals surface area contributed by atoms with E-state index in [0.29, 0.717) is 13.0 Å². The molecule has 3 heteroatoms. The highest BCUT2D eigenvalue weighted by Crippen LogP contribution is 2.24. The Balaban J connectivity index is 1.70. The first-order valence-electron chi connectivity index (χ1n) is 7.33. The molecule has 1 fully saturated rings. The molecule has 3 nitrogen and oxygen atoms in total. The van der Waals surface area contributed by atoms with Crippen LogP contribution in [0.1, 0.15) is 36.8 Å². The third-order valence-corrected chi connectivity index (χ3v) is 3.87. The molecule has 2 rings (SSSR count). The number of rotatable bonds is 5. The first kappa shape index (κ1) is 14.8. The van der Waals surface area contributed by atoms with Crippen LogP contribution in [0.3, 0.4) is 0 Å². The minimum absolute atomic E-state index is 0.0208. The van der Waals surface area contributed by atoms with Crippen molar-refractivity contribution < 1.29 is 9.90 Å². The maximum atomic E-state index is 11.7. The van der Waals surface area contributed by atoms with Gasteiger partial charge in [-0.2, -0.15) is 0 Å². The van der Waals surface area contributed by atoms with E-state index in [0.717, 1.165) is 24.8 Å². The molecule has 0 aromatic heterocycles. The number of carbonyl (C=O) groups is 1. The smallest absolute Gasteiger partial charge is 0.223 e. The number of benzene rings is 1. The Hall–Kier alpha value is -1.61. The summed E-state index contributed by atoms with van der Waals surface area (Å²) in [7, 11) is 0. The summed E-state index contributed by atoms with van der Waals surface area (Å²) in [6.07, 6.45) is 6.94. The zero-order valence-electron chi connectivity index (χ0n) is 12.0. The molecular weight excluding hydrogens is 250 g/mol. The molecule has 0 aliphatic heterocycles. The molecule has 2 atom stereocenters. The van der Waals surface area contributed by atoms with Gasteiger partial charge in [0, 0.05) is 18.9 Å². The Labute approximate surface area is 120 Å². The molecule has 2 unspecified atom stereocenters. The number of hydrogen-bond donors (Lipinski definition) is 2. The van der Waals surface area contributed by atoms with Crippen molar-refractivity contribution in [1.29, 1.82) is 0 Å². The van der Waals surface area contributed by atoms with Gasteiger partial charge in [-0.25, -0.2) is 0 Å². The SMILES string of the molecule is Cc1ccc(C=CCC(=O)NCC2CCCC2O)cc1. The molecule has 1 aliphatic carbocycles. The molecule has 2 N–H and O–H groups in total. The van der Waals surface area contributed by atoms with Gasteiger partial charge in [0.25, 0.3) is 0 Å². The molecule has 0 saturated heterocycles. The third kappa shape index (κ3) is 4.49. The summed E-state index contributed by atoms with van der Waals surface area (Å²) in [4.78, 5) is 11.7. The summed E-state index contributed by atoms with van der Waals surface area (Å²) < 4.78 is 0. The van der Waals surface area contributed by atoms with Crippen molar-refractivity contribution in [2.24, 2.45) is 5.92 Å². The third-order valence-electron chi connectivity index (χ3n) is 3.87. The topological polar surface area (TPSA) is 49.3 Å². The highest BCUT2D eigenvalue weighted by molar-refractivity contribution is 5.78. The summed E-state index contributed by atoms with van der Waals surface area (Å²) in [6.45, 7) is 2.65. The second-order valence-electron chi connectivity index (χ2n) is 5.58. The van der Waals surface area contributed by atoms with Gasteiger partial charge in [-0.3, -0.25) is 4.79 Å². The Kier molecular flexibility index (Phi) is 5.36. The number of amides is 1. The molecule has 1 amide bonds. The van der Waals surface area contributed by atoms with Crippen LogP contribution in [0.25, 0.3) is 6.08 Å². The zero-order valence-corrected chi connectivity index (χ0v) is 12.0. The predicted molar refractivity (Wildman–Crippen MR) is 81.2 cm³/mol. The van der Waals surface area contributed by atoms with Crippen molar-refractivity contribution in [3.8, 4) is 0 Å². The molecule has 1 saturated carbocycles. The lowest BCUT2D eigenvalue weighted by atomic mass is 10.1. The van der Waals surface area contributed by atoms with Crippen LogP contribution in [-0.2, 0) is 4.79 Å². The second-order valence-corrected chi connectivity index (χ2v) is 5.58. The number of aliphatic hydroxyl groups is 1. The Bertz CT molecular complexity index is 464. The zero-order chi connectivity index (χ0) is 14.4. The van der Waals surface area contributed by atoms with Gasteiger partial charge in [-0.05, 0) is 25.3 Å². The molecule has 20 heavy (non-hydrogen) atoms. The molecule has 1 aromatic carbocycles. The van der Waals surface area contributed by atoms with Crippen molar-refractivity contribution in [2.45, 2.75) is 38.7 Å². The first-order valence-corrected chi connectivity index (χ1v) is 7.33. The van der Waals surface area contributed by atoms with Crippen LogP contribution < -0.4 is 5.32 Å². The van der Waals surface area contributed by atoms with Crippen molar-refractivity contribution >= 4 is 12.0 Å². The lowest BCUT2D eigenvalue weighted by molar-refractivity contribution is -0.120. The van der Waals surface area contributed by atoms with E-state index in [1.165, 1.54) is 5.56 Å². The van der Waals surface area contributed by atoms with Crippen molar-refractivity contribution in [1.82, 2.24) is 5.32 Å². The van der Waals surface area contributed by atoms with Gasteiger partial charge in [-0.15, -0.1) is 0 Å². The summed E-state index contributed by atoms with van der Waals surface area (Å²) in [5.74, 6) is 0.257. The fourth-order valence-electron chi connectivity index (χ4n) is 2.55. The van der Waals surface area contributed by atoms with Gasteiger partial charge in [0.1, 0.15) is 0 Å². The Morgan fingerprint density at radius 2 is 2.10 bits per heavy atom. The van der Waals surface area contributed by atoms with E-state index in [4.69, 9.17) is 0 Å². The average Bonchev–Trinajstić information content (AvgIpc) is 2.84. The van der Waals surface area contributed by atoms with Crippen LogP contribution in [0, 0.1) is 12.8 Å². The van der Waals surface area contributed by atoms with E-state index in [1.807, 2.05) is 24.3 Å². The highest BCUT2D eigenvalue weighted by Gasteiger charge is 2.24. The average molecular weight is 273 g/mol. The fourth-order valence-corrected chi connectivity index (χ4v) is 2.55. The van der Waals surface area contributed by atoms with Crippen LogP contribution in [-0.4, -0.2) is 23.7 Å². The summed E-state index contributed by atoms with van der Waals surface area (Å²) in [5.41, 5.74) is 2.34. The minimum atomic E-state index is -0.238. The van der Waals surface area contributed by atoms with E-state index >= 15 is 0 Å². The van der Waals surface area contributed by atoms with Gasteiger partial charge in [-0.1, -0.05) is 48.4 Å². The van der Waals surface area contributed by atoms with Crippen molar-refractivity contribution in [3.05, 3.63) is 41.5 Å². The molecular formula is C17H23NO2. The molecule has 0 spiro atoms. The van der Waals surface area contributed by atoms with E-state index in [-0.39, 0.29) is 17.9 Å². The first-order chi connectivity index (χ1) is 9.65. The van der Waals surface area contributed by atoms with Crippen molar-refractivity contribution in [3.63, 3.8) is 0 Å². The molecule has 0 bridgehead atoms. The monoisotopic (exact) mass is 273 g/mol. The van der Waals surface area contributed by atoms with Gasteiger partial charge >= 0.3 is 0 Å². The van der Waals surface area contributed by atoms with Crippen LogP contribution in [0.4, 0.5) is 0 Å². The molecule has 1 aromatic rings. The highest BCUT2D eigenvalue weighted by atomic mass is 16.3. The largest absolute Gasteiger partial charge is 0.393 e. The predicted octanol–water partition coefficient (Wildman–Crippen LogP) is 2.68. The molecule has 0 heterocycles. The summed E-state index contributed by atoms with van der Waals surface area (Å²) in [6, 6.07) is 8.19. The minimum Gasteiger partial charge on any atom is -0.393 e. The van der Waals surface area contributed by atoms with Crippen LogP contribution in [0.5, 0.6) is 0 Å². The summed E-state index contributed by atoms with van der Waals surface area (Å²) in [5, 5.41) is 12.6. The van der Waals surface area contributed by atoms with Gasteiger partial charge in [0.15, 0.2) is 0 Å². The standard InChI is InChI=1S/C17H23NO2/c1-13-8-10-14(11-9-13)4-2-7-17(20)18-12-15-5-3-6-16(15)19/h2,4,8-11,15-16,19H,3,5-7,12H2,1H3,(H,18,20). The van der Waals surface area contributed by atoms with Gasteiger partial charge in [0.05, 0.1) is 6.10 Å². The molecule has 1 aliphatic rings. The van der Waals surface area contributed by atoms with E-state index in [2.05, 4.69) is 24.4 Å².